The van der Waals surface area contributed by atoms with Crippen molar-refractivity contribution < 1.29 is 40.3 Å². The highest BCUT2D eigenvalue weighted by Crippen LogP contribution is 2.37. The van der Waals surface area contributed by atoms with Gasteiger partial charge in [0.2, 0.25) is 0 Å². The normalized spacial score (nSPS) is 11.3. The van der Waals surface area contributed by atoms with Crippen molar-refractivity contribution in [3.63, 3.8) is 0 Å². The summed E-state index contributed by atoms with van der Waals surface area (Å²) in [6.07, 6.45) is -4.50. The maximum absolute atomic E-state index is 13.6. The molecule has 4 nitrogen and oxygen atoms in total. The Morgan fingerprint density at radius 1 is 0.900 bits per heavy atom. The van der Waals surface area contributed by atoms with Crippen molar-refractivity contribution >= 4 is 11.6 Å². The molecule has 1 amide bonds. The molecule has 1 aromatic heterocycles. The van der Waals surface area contributed by atoms with Crippen LogP contribution in [-0.4, -0.2) is 10.9 Å². The van der Waals surface area contributed by atoms with Crippen LogP contribution in [0.3, 0.4) is 0 Å². The number of carbonyl (C=O) groups excluding carboxylic acids is 1. The lowest BCUT2D eigenvalue weighted by atomic mass is 10.1. The molecule has 1 heterocycles. The molecular formula is C19H9F7N2O2. The number of carbonyl (C=O) groups is 1. The number of hydrogen-bond donors (Lipinski definition) is 1. The quantitative estimate of drug-likeness (QED) is 0.541. The van der Waals surface area contributed by atoms with E-state index < -0.39 is 52.4 Å². The van der Waals surface area contributed by atoms with E-state index in [1.54, 1.807) is 0 Å². The summed E-state index contributed by atoms with van der Waals surface area (Å²) in [6.45, 7) is 0. The molecule has 30 heavy (non-hydrogen) atoms. The number of rotatable bonds is 4. The Kier molecular flexibility index (Phi) is 5.63. The number of benzene rings is 2. The van der Waals surface area contributed by atoms with Gasteiger partial charge in [-0.15, -0.1) is 0 Å². The van der Waals surface area contributed by atoms with Gasteiger partial charge in [0, 0.05) is 23.9 Å². The molecule has 0 bridgehead atoms. The molecular weight excluding hydrogens is 421 g/mol. The molecule has 156 valence electrons. The Morgan fingerprint density at radius 3 is 2.07 bits per heavy atom. The summed E-state index contributed by atoms with van der Waals surface area (Å²) in [5.41, 5.74) is -2.45. The fraction of sp³-hybridized carbons (Fsp3) is 0.0526. The van der Waals surface area contributed by atoms with Crippen LogP contribution >= 0.6 is 0 Å². The molecule has 0 aliphatic carbocycles. The van der Waals surface area contributed by atoms with Crippen molar-refractivity contribution in [2.24, 2.45) is 0 Å². The summed E-state index contributed by atoms with van der Waals surface area (Å²) in [6, 6.07) is 5.74. The highest BCUT2D eigenvalue weighted by atomic mass is 19.4. The molecule has 3 aromatic rings. The third-order valence-corrected chi connectivity index (χ3v) is 3.66. The minimum atomic E-state index is -4.89. The minimum absolute atomic E-state index is 0.00360. The van der Waals surface area contributed by atoms with Gasteiger partial charge in [-0.25, -0.2) is 22.5 Å². The van der Waals surface area contributed by atoms with Gasteiger partial charge >= 0.3 is 6.18 Å². The molecule has 2 aromatic carbocycles. The number of ether oxygens (including phenoxy) is 1. The number of halogens is 7. The molecule has 0 aliphatic heterocycles. The largest absolute Gasteiger partial charge is 0.455 e. The Morgan fingerprint density at radius 2 is 1.50 bits per heavy atom. The van der Waals surface area contributed by atoms with Crippen LogP contribution in [0.4, 0.5) is 36.4 Å². The smallest absolute Gasteiger partial charge is 0.437 e. The predicted octanol–water partition coefficient (Wildman–Crippen LogP) is 5.70. The van der Waals surface area contributed by atoms with Crippen molar-refractivity contribution in [2.45, 2.75) is 6.18 Å². The van der Waals surface area contributed by atoms with Crippen LogP contribution in [0.1, 0.15) is 16.1 Å². The van der Waals surface area contributed by atoms with Gasteiger partial charge in [-0.2, -0.15) is 13.2 Å². The molecule has 0 atom stereocenters. The maximum Gasteiger partial charge on any atom is 0.437 e. The number of anilines is 1. The SMILES string of the molecule is O=C(Nc1ccc(Oc2cc(F)cnc2C(F)(F)F)cc1)c1c(F)cc(F)cc1F. The number of amides is 1. The Bertz CT molecular complexity index is 1080. The van der Waals surface area contributed by atoms with E-state index in [0.717, 1.165) is 24.3 Å². The second kappa shape index (κ2) is 8.01. The average molecular weight is 430 g/mol. The topological polar surface area (TPSA) is 51.2 Å². The van der Waals surface area contributed by atoms with E-state index in [2.05, 4.69) is 10.3 Å². The Labute approximate surface area is 163 Å². The molecule has 0 radical (unpaired) electrons. The van der Waals surface area contributed by atoms with Crippen molar-refractivity contribution in [1.29, 1.82) is 0 Å². The first kappa shape index (κ1) is 21.1. The zero-order chi connectivity index (χ0) is 22.1. The van der Waals surface area contributed by atoms with Gasteiger partial charge in [0.05, 0.1) is 6.20 Å². The lowest BCUT2D eigenvalue weighted by Crippen LogP contribution is -2.16. The first-order valence-corrected chi connectivity index (χ1v) is 8.01. The fourth-order valence-corrected chi connectivity index (χ4v) is 2.40. The van der Waals surface area contributed by atoms with E-state index in [-0.39, 0.29) is 11.4 Å². The van der Waals surface area contributed by atoms with Gasteiger partial charge in [-0.3, -0.25) is 4.79 Å². The Hall–Kier alpha value is -3.63. The van der Waals surface area contributed by atoms with Crippen LogP contribution in [0, 0.1) is 23.3 Å². The summed E-state index contributed by atoms with van der Waals surface area (Å²) in [5, 5.41) is 2.15. The summed E-state index contributed by atoms with van der Waals surface area (Å²) in [7, 11) is 0. The second-order valence-corrected chi connectivity index (χ2v) is 5.82. The molecule has 11 heteroatoms. The van der Waals surface area contributed by atoms with Gasteiger partial charge in [-0.05, 0) is 24.3 Å². The first-order valence-electron chi connectivity index (χ1n) is 8.01. The van der Waals surface area contributed by atoms with E-state index in [0.29, 0.717) is 24.4 Å². The number of nitrogens with one attached hydrogen (secondary N) is 1. The summed E-state index contributed by atoms with van der Waals surface area (Å²) in [4.78, 5) is 15.0. The number of alkyl halides is 3. The van der Waals surface area contributed by atoms with E-state index in [1.807, 2.05) is 0 Å². The number of hydrogen-bond acceptors (Lipinski definition) is 3. The molecule has 0 saturated heterocycles. The number of aromatic nitrogens is 1. The molecule has 0 unspecified atom stereocenters. The van der Waals surface area contributed by atoms with Crippen molar-refractivity contribution in [1.82, 2.24) is 4.98 Å². The van der Waals surface area contributed by atoms with E-state index in [1.165, 1.54) is 0 Å². The van der Waals surface area contributed by atoms with Gasteiger partial charge in [0.1, 0.15) is 34.6 Å². The van der Waals surface area contributed by atoms with Gasteiger partial charge in [-0.1, -0.05) is 0 Å². The molecule has 3 rings (SSSR count). The van der Waals surface area contributed by atoms with Crippen LogP contribution in [0.2, 0.25) is 0 Å². The Balaban J connectivity index is 1.78. The molecule has 0 spiro atoms. The number of pyridine rings is 1. The first-order chi connectivity index (χ1) is 14.0. The predicted molar refractivity (Wildman–Crippen MR) is 90.0 cm³/mol. The minimum Gasteiger partial charge on any atom is -0.455 e. The lowest BCUT2D eigenvalue weighted by molar-refractivity contribution is -0.142. The molecule has 0 fully saturated rings. The van der Waals surface area contributed by atoms with Gasteiger partial charge in [0.15, 0.2) is 11.4 Å². The fourth-order valence-electron chi connectivity index (χ4n) is 2.40. The molecule has 0 aliphatic rings. The van der Waals surface area contributed by atoms with Crippen LogP contribution in [0.25, 0.3) is 0 Å². The summed E-state index contributed by atoms with van der Waals surface area (Å²) < 4.78 is 97.3. The third-order valence-electron chi connectivity index (χ3n) is 3.66. The second-order valence-electron chi connectivity index (χ2n) is 5.82. The highest BCUT2D eigenvalue weighted by Gasteiger charge is 2.37. The number of nitrogens with zero attached hydrogens (tertiary/aromatic N) is 1. The monoisotopic (exact) mass is 430 g/mol. The van der Waals surface area contributed by atoms with Gasteiger partial charge < -0.3 is 10.1 Å². The standard InChI is InChI=1S/C19H9F7N2O2/c20-9-5-13(22)16(14(23)6-9)18(29)28-11-1-3-12(4-2-11)30-15-7-10(21)8-27-17(15)19(24,25)26/h1-8H,(H,28,29). The van der Waals surface area contributed by atoms with Crippen LogP contribution < -0.4 is 10.1 Å². The van der Waals surface area contributed by atoms with Crippen molar-refractivity contribution in [3.05, 3.63) is 83.2 Å². The van der Waals surface area contributed by atoms with Crippen LogP contribution in [0.15, 0.2) is 48.7 Å². The van der Waals surface area contributed by atoms with Crippen LogP contribution in [0.5, 0.6) is 11.5 Å². The third kappa shape index (κ3) is 4.67. The maximum atomic E-state index is 13.6. The summed E-state index contributed by atoms with van der Waals surface area (Å²) >= 11 is 0. The molecule has 1 N–H and O–H groups in total. The zero-order valence-corrected chi connectivity index (χ0v) is 14.5. The van der Waals surface area contributed by atoms with Gasteiger partial charge in [0.25, 0.3) is 5.91 Å². The summed E-state index contributed by atoms with van der Waals surface area (Å²) in [5.74, 6) is -7.34. The van der Waals surface area contributed by atoms with E-state index in [4.69, 9.17) is 4.74 Å². The lowest BCUT2D eigenvalue weighted by Gasteiger charge is -2.13. The zero-order valence-electron chi connectivity index (χ0n) is 14.5. The highest BCUT2D eigenvalue weighted by molar-refractivity contribution is 6.04. The van der Waals surface area contributed by atoms with Crippen molar-refractivity contribution in [2.75, 3.05) is 5.32 Å². The van der Waals surface area contributed by atoms with E-state index >= 15 is 0 Å². The van der Waals surface area contributed by atoms with Crippen LogP contribution in [-0.2, 0) is 6.18 Å². The molecule has 0 saturated carbocycles. The van der Waals surface area contributed by atoms with E-state index in [9.17, 15) is 35.5 Å². The van der Waals surface area contributed by atoms with Crippen molar-refractivity contribution in [3.8, 4) is 11.5 Å². The average Bonchev–Trinajstić information content (AvgIpc) is 2.61.